The molecule has 2 N–H and O–H groups in total. The highest BCUT2D eigenvalue weighted by molar-refractivity contribution is 5.96. The maximum absolute atomic E-state index is 11.9. The van der Waals surface area contributed by atoms with Crippen molar-refractivity contribution in [3.63, 3.8) is 0 Å². The van der Waals surface area contributed by atoms with Gasteiger partial charge >= 0.3 is 5.97 Å². The van der Waals surface area contributed by atoms with Gasteiger partial charge in [-0.25, -0.2) is 4.79 Å². The van der Waals surface area contributed by atoms with Gasteiger partial charge in [0.1, 0.15) is 23.0 Å². The van der Waals surface area contributed by atoms with Crippen LogP contribution in [-0.2, 0) is 9.53 Å². The van der Waals surface area contributed by atoms with E-state index >= 15 is 0 Å². The Morgan fingerprint density at radius 1 is 0.833 bits per heavy atom. The molecule has 184 valence electrons. The molecule has 0 bridgehead atoms. The van der Waals surface area contributed by atoms with Crippen molar-refractivity contribution in [3.05, 3.63) is 90.5 Å². The van der Waals surface area contributed by atoms with Gasteiger partial charge in [-0.1, -0.05) is 56.5 Å². The fraction of sp³-hybridized carbons (Fsp3) is 0.194. The minimum atomic E-state index is -0.343. The Kier molecular flexibility index (Phi) is 8.24. The van der Waals surface area contributed by atoms with Crippen molar-refractivity contribution in [1.82, 2.24) is 0 Å². The number of esters is 1. The molecule has 4 rings (SSSR count). The number of unbranched alkanes of at least 4 members (excludes halogenated alkanes) is 3. The number of phenols is 2. The lowest BCUT2D eigenvalue weighted by molar-refractivity contribution is -0.137. The first-order chi connectivity index (χ1) is 17.5. The molecule has 36 heavy (non-hydrogen) atoms. The summed E-state index contributed by atoms with van der Waals surface area (Å²) in [6.07, 6.45) is 7.42. The number of rotatable bonds is 10. The number of carbonyl (C=O) groups excluding carboxylic acids is 1. The Bertz CT molecular complexity index is 1340. The predicted octanol–water partition coefficient (Wildman–Crippen LogP) is 7.85. The number of ether oxygens (including phenoxy) is 2. The molecule has 4 aromatic rings. The highest BCUT2D eigenvalue weighted by atomic mass is 16.5. The molecule has 0 atom stereocenters. The van der Waals surface area contributed by atoms with E-state index in [-0.39, 0.29) is 17.5 Å². The molecular weight excluding hydrogens is 452 g/mol. The molecule has 0 radical (unpaired) electrons. The van der Waals surface area contributed by atoms with Gasteiger partial charge in [-0.15, -0.1) is 0 Å². The first kappa shape index (κ1) is 24.9. The number of carbonyl (C=O) groups is 1. The molecule has 0 spiro atoms. The lowest BCUT2D eigenvalue weighted by Crippen LogP contribution is -2.02. The largest absolute Gasteiger partial charge is 0.508 e. The molecule has 0 aliphatic carbocycles. The lowest BCUT2D eigenvalue weighted by Gasteiger charge is -2.15. The quantitative estimate of drug-likeness (QED) is 0.137. The van der Waals surface area contributed by atoms with E-state index in [9.17, 15) is 15.0 Å². The van der Waals surface area contributed by atoms with Gasteiger partial charge in [0, 0.05) is 17.0 Å². The van der Waals surface area contributed by atoms with Crippen molar-refractivity contribution in [2.24, 2.45) is 0 Å². The number of hydrogen-bond donors (Lipinski definition) is 2. The molecule has 0 heterocycles. The molecule has 0 fully saturated rings. The molecule has 5 nitrogen and oxygen atoms in total. The molecule has 0 unspecified atom stereocenters. The average Bonchev–Trinajstić information content (AvgIpc) is 2.89. The van der Waals surface area contributed by atoms with Gasteiger partial charge in [0.25, 0.3) is 0 Å². The summed E-state index contributed by atoms with van der Waals surface area (Å²) in [5.74, 6) is 1.31. The second kappa shape index (κ2) is 11.9. The van der Waals surface area contributed by atoms with Crippen molar-refractivity contribution in [2.45, 2.75) is 32.6 Å². The maximum Gasteiger partial charge on any atom is 0.330 e. The van der Waals surface area contributed by atoms with Crippen LogP contribution < -0.4 is 4.74 Å². The molecular formula is C31H30O5. The van der Waals surface area contributed by atoms with E-state index in [1.807, 2.05) is 54.6 Å². The third kappa shape index (κ3) is 6.45. The zero-order valence-electron chi connectivity index (χ0n) is 20.3. The second-order valence-corrected chi connectivity index (χ2v) is 8.63. The number of benzene rings is 4. The fourth-order valence-electron chi connectivity index (χ4n) is 3.95. The molecule has 4 aromatic carbocycles. The monoisotopic (exact) mass is 482 g/mol. The minimum absolute atomic E-state index is 0.182. The van der Waals surface area contributed by atoms with Crippen LogP contribution in [0.3, 0.4) is 0 Å². The molecule has 5 heteroatoms. The van der Waals surface area contributed by atoms with Crippen LogP contribution in [0.4, 0.5) is 0 Å². The number of hydrogen-bond acceptors (Lipinski definition) is 5. The summed E-state index contributed by atoms with van der Waals surface area (Å²) in [5.41, 5.74) is 2.61. The molecule has 0 aliphatic heterocycles. The van der Waals surface area contributed by atoms with Crippen molar-refractivity contribution in [1.29, 1.82) is 0 Å². The van der Waals surface area contributed by atoms with Gasteiger partial charge in [-0.05, 0) is 77.5 Å². The molecule has 0 saturated carbocycles. The summed E-state index contributed by atoms with van der Waals surface area (Å²) in [7, 11) is 0. The van der Waals surface area contributed by atoms with Gasteiger partial charge in [0.05, 0.1) is 6.61 Å². The van der Waals surface area contributed by atoms with E-state index < -0.39 is 0 Å². The molecule has 0 aliphatic rings. The summed E-state index contributed by atoms with van der Waals surface area (Å²) < 4.78 is 11.6. The van der Waals surface area contributed by atoms with Crippen LogP contribution in [0.1, 0.15) is 38.2 Å². The van der Waals surface area contributed by atoms with Gasteiger partial charge in [-0.2, -0.15) is 0 Å². The summed E-state index contributed by atoms with van der Waals surface area (Å²) in [4.78, 5) is 11.9. The third-order valence-electron chi connectivity index (χ3n) is 5.89. The van der Waals surface area contributed by atoms with Crippen LogP contribution in [0.5, 0.6) is 23.0 Å². The SMILES string of the molecule is CCCCCCOC(=O)C=Cc1ccc(Oc2c(-c3ccc(O)cc3)ccc3cc(O)ccc23)cc1. The molecule has 0 amide bonds. The normalized spacial score (nSPS) is 11.1. The van der Waals surface area contributed by atoms with Crippen LogP contribution >= 0.6 is 0 Å². The van der Waals surface area contributed by atoms with Crippen molar-refractivity contribution < 1.29 is 24.5 Å². The van der Waals surface area contributed by atoms with Crippen LogP contribution in [0.25, 0.3) is 28.0 Å². The van der Waals surface area contributed by atoms with E-state index in [2.05, 4.69) is 6.92 Å². The van der Waals surface area contributed by atoms with Gasteiger partial charge in [0.2, 0.25) is 0 Å². The Hall–Kier alpha value is -4.25. The Morgan fingerprint density at radius 3 is 2.33 bits per heavy atom. The number of aromatic hydroxyl groups is 2. The minimum Gasteiger partial charge on any atom is -0.508 e. The summed E-state index contributed by atoms with van der Waals surface area (Å²) in [5, 5.41) is 21.3. The Balaban J connectivity index is 1.52. The summed E-state index contributed by atoms with van der Waals surface area (Å²) in [6.45, 7) is 2.59. The topological polar surface area (TPSA) is 76.0 Å². The zero-order valence-corrected chi connectivity index (χ0v) is 20.3. The van der Waals surface area contributed by atoms with Gasteiger partial charge < -0.3 is 19.7 Å². The van der Waals surface area contributed by atoms with Crippen molar-refractivity contribution in [2.75, 3.05) is 6.61 Å². The highest BCUT2D eigenvalue weighted by Gasteiger charge is 2.13. The van der Waals surface area contributed by atoms with E-state index in [0.717, 1.165) is 53.1 Å². The first-order valence-corrected chi connectivity index (χ1v) is 12.2. The zero-order chi connectivity index (χ0) is 25.3. The van der Waals surface area contributed by atoms with Crippen molar-refractivity contribution >= 4 is 22.8 Å². The van der Waals surface area contributed by atoms with E-state index in [1.165, 1.54) is 6.08 Å². The van der Waals surface area contributed by atoms with Gasteiger partial charge in [0.15, 0.2) is 0 Å². The van der Waals surface area contributed by atoms with E-state index in [4.69, 9.17) is 9.47 Å². The van der Waals surface area contributed by atoms with Crippen LogP contribution in [0.15, 0.2) is 84.9 Å². The third-order valence-corrected chi connectivity index (χ3v) is 5.89. The smallest absolute Gasteiger partial charge is 0.330 e. The number of phenolic OH excluding ortho intramolecular Hbond substituents is 2. The van der Waals surface area contributed by atoms with Crippen LogP contribution in [-0.4, -0.2) is 22.8 Å². The second-order valence-electron chi connectivity index (χ2n) is 8.63. The van der Waals surface area contributed by atoms with E-state index in [0.29, 0.717) is 18.1 Å². The Labute approximate surface area is 211 Å². The highest BCUT2D eigenvalue weighted by Crippen LogP contribution is 2.40. The number of fused-ring (bicyclic) bond motifs is 1. The predicted molar refractivity (Wildman–Crippen MR) is 143 cm³/mol. The molecule has 0 saturated heterocycles. The van der Waals surface area contributed by atoms with Gasteiger partial charge in [-0.3, -0.25) is 0 Å². The van der Waals surface area contributed by atoms with Crippen LogP contribution in [0.2, 0.25) is 0 Å². The van der Waals surface area contributed by atoms with Crippen LogP contribution in [0, 0.1) is 0 Å². The van der Waals surface area contributed by atoms with E-state index in [1.54, 1.807) is 30.3 Å². The lowest BCUT2D eigenvalue weighted by atomic mass is 9.99. The fourth-order valence-corrected chi connectivity index (χ4v) is 3.95. The van der Waals surface area contributed by atoms with Crippen molar-refractivity contribution in [3.8, 4) is 34.1 Å². The summed E-state index contributed by atoms with van der Waals surface area (Å²) in [6, 6.07) is 23.4. The maximum atomic E-state index is 11.9. The summed E-state index contributed by atoms with van der Waals surface area (Å²) >= 11 is 0. The first-order valence-electron chi connectivity index (χ1n) is 12.2. The Morgan fingerprint density at radius 2 is 1.58 bits per heavy atom. The standard InChI is InChI=1S/C31H30O5/c1-2-3-4-5-20-35-30(34)19-8-22-6-15-27(16-7-22)36-31-28(23-9-12-25(32)13-10-23)17-11-24-21-26(33)14-18-29(24)31/h6-19,21,32-33H,2-5,20H2,1H3. The average molecular weight is 483 g/mol. The molecule has 0 aromatic heterocycles.